The molecule has 0 amide bonds. The van der Waals surface area contributed by atoms with E-state index in [1.54, 1.807) is 6.20 Å². The van der Waals surface area contributed by atoms with Crippen molar-refractivity contribution in [2.75, 3.05) is 0 Å². The molecule has 0 aliphatic carbocycles. The van der Waals surface area contributed by atoms with Crippen molar-refractivity contribution in [1.82, 2.24) is 15.5 Å². The van der Waals surface area contributed by atoms with Crippen LogP contribution >= 0.6 is 11.6 Å². The van der Waals surface area contributed by atoms with E-state index >= 15 is 0 Å². The molecule has 2 aromatic rings. The summed E-state index contributed by atoms with van der Waals surface area (Å²) in [7, 11) is 0. The molecule has 1 unspecified atom stereocenters. The summed E-state index contributed by atoms with van der Waals surface area (Å²) in [6.07, 6.45) is 1.67. The lowest BCUT2D eigenvalue weighted by Gasteiger charge is -2.15. The Morgan fingerprint density at radius 2 is 2.06 bits per heavy atom. The zero-order chi connectivity index (χ0) is 12.1. The average Bonchev–Trinajstić information content (AvgIpc) is 2.38. The Kier molecular flexibility index (Phi) is 4.07. The summed E-state index contributed by atoms with van der Waals surface area (Å²) >= 11 is 6.13. The van der Waals surface area contributed by atoms with Crippen LogP contribution in [-0.4, -0.2) is 10.2 Å². The van der Waals surface area contributed by atoms with Crippen LogP contribution in [0.4, 0.5) is 0 Å². The highest BCUT2D eigenvalue weighted by molar-refractivity contribution is 6.31. The van der Waals surface area contributed by atoms with Gasteiger partial charge < -0.3 is 5.32 Å². The van der Waals surface area contributed by atoms with Crippen LogP contribution in [0.15, 0.2) is 42.6 Å². The highest BCUT2D eigenvalue weighted by Crippen LogP contribution is 2.22. The zero-order valence-corrected chi connectivity index (χ0v) is 10.4. The Bertz CT molecular complexity index is 473. The van der Waals surface area contributed by atoms with Gasteiger partial charge in [-0.3, -0.25) is 0 Å². The van der Waals surface area contributed by atoms with Crippen LogP contribution in [0, 0.1) is 0 Å². The summed E-state index contributed by atoms with van der Waals surface area (Å²) in [5, 5.41) is 12.0. The molecule has 0 bridgehead atoms. The molecule has 2 rings (SSSR count). The first kappa shape index (κ1) is 12.0. The van der Waals surface area contributed by atoms with E-state index in [2.05, 4.69) is 22.4 Å². The van der Waals surface area contributed by atoms with Crippen LogP contribution in [-0.2, 0) is 6.54 Å². The molecular weight excluding hydrogens is 234 g/mol. The standard InChI is InChI=1S/C13H14ClN3/c1-10(12-6-2-3-7-13(12)14)15-9-11-5-4-8-16-17-11/h2-8,10,15H,9H2,1H3. The lowest BCUT2D eigenvalue weighted by Crippen LogP contribution is -2.19. The van der Waals surface area contributed by atoms with Crippen LogP contribution < -0.4 is 5.32 Å². The van der Waals surface area contributed by atoms with Crippen LogP contribution in [0.2, 0.25) is 5.02 Å². The Hall–Kier alpha value is -1.45. The third kappa shape index (κ3) is 3.25. The number of hydrogen-bond donors (Lipinski definition) is 1. The highest BCUT2D eigenvalue weighted by atomic mass is 35.5. The second-order valence-corrected chi connectivity index (χ2v) is 4.25. The fraction of sp³-hybridized carbons (Fsp3) is 0.231. The van der Waals surface area contributed by atoms with Crippen LogP contribution in [0.3, 0.4) is 0 Å². The molecule has 0 saturated heterocycles. The van der Waals surface area contributed by atoms with Crippen molar-refractivity contribution in [1.29, 1.82) is 0 Å². The van der Waals surface area contributed by atoms with Gasteiger partial charge in [0.1, 0.15) is 0 Å². The molecule has 0 aliphatic rings. The van der Waals surface area contributed by atoms with Gasteiger partial charge in [0.25, 0.3) is 0 Å². The molecule has 1 N–H and O–H groups in total. The summed E-state index contributed by atoms with van der Waals surface area (Å²) in [6.45, 7) is 2.76. The summed E-state index contributed by atoms with van der Waals surface area (Å²) in [6, 6.07) is 11.9. The molecular formula is C13H14ClN3. The molecule has 0 saturated carbocycles. The van der Waals surface area contributed by atoms with E-state index < -0.39 is 0 Å². The predicted molar refractivity (Wildman–Crippen MR) is 68.7 cm³/mol. The minimum Gasteiger partial charge on any atom is -0.304 e. The molecule has 88 valence electrons. The Morgan fingerprint density at radius 3 is 2.76 bits per heavy atom. The Labute approximate surface area is 106 Å². The maximum absolute atomic E-state index is 6.13. The highest BCUT2D eigenvalue weighted by Gasteiger charge is 2.08. The van der Waals surface area contributed by atoms with Crippen molar-refractivity contribution < 1.29 is 0 Å². The lowest BCUT2D eigenvalue weighted by molar-refractivity contribution is 0.564. The number of nitrogens with one attached hydrogen (secondary N) is 1. The van der Waals surface area contributed by atoms with Crippen molar-refractivity contribution >= 4 is 11.6 Å². The number of nitrogens with zero attached hydrogens (tertiary/aromatic N) is 2. The van der Waals surface area contributed by atoms with Gasteiger partial charge in [-0.2, -0.15) is 10.2 Å². The number of hydrogen-bond acceptors (Lipinski definition) is 3. The Balaban J connectivity index is 1.99. The Morgan fingerprint density at radius 1 is 1.24 bits per heavy atom. The molecule has 1 heterocycles. The molecule has 0 radical (unpaired) electrons. The number of benzene rings is 1. The number of aromatic nitrogens is 2. The van der Waals surface area contributed by atoms with E-state index in [-0.39, 0.29) is 6.04 Å². The van der Waals surface area contributed by atoms with Gasteiger partial charge >= 0.3 is 0 Å². The van der Waals surface area contributed by atoms with Crippen molar-refractivity contribution in [2.24, 2.45) is 0 Å². The molecule has 0 spiro atoms. The molecule has 1 aromatic carbocycles. The smallest absolute Gasteiger partial charge is 0.0769 e. The maximum atomic E-state index is 6.13. The van der Waals surface area contributed by atoms with E-state index in [1.165, 1.54) is 0 Å². The van der Waals surface area contributed by atoms with Crippen LogP contribution in [0.1, 0.15) is 24.2 Å². The van der Waals surface area contributed by atoms with Gasteiger partial charge in [-0.05, 0) is 30.7 Å². The van der Waals surface area contributed by atoms with Crippen LogP contribution in [0.5, 0.6) is 0 Å². The summed E-state index contributed by atoms with van der Waals surface area (Å²) in [5.41, 5.74) is 2.02. The van der Waals surface area contributed by atoms with Crippen molar-refractivity contribution in [3.63, 3.8) is 0 Å². The first-order chi connectivity index (χ1) is 8.27. The molecule has 0 fully saturated rings. The van der Waals surface area contributed by atoms with Crippen molar-refractivity contribution in [3.05, 3.63) is 58.9 Å². The van der Waals surface area contributed by atoms with E-state index in [1.807, 2.05) is 36.4 Å². The van der Waals surface area contributed by atoms with Gasteiger partial charge in [-0.1, -0.05) is 29.8 Å². The van der Waals surface area contributed by atoms with Gasteiger partial charge in [-0.15, -0.1) is 0 Å². The maximum Gasteiger partial charge on any atom is 0.0769 e. The normalized spacial score (nSPS) is 12.4. The van der Waals surface area contributed by atoms with Crippen LogP contribution in [0.25, 0.3) is 0 Å². The second-order valence-electron chi connectivity index (χ2n) is 3.84. The van der Waals surface area contributed by atoms with Gasteiger partial charge in [0, 0.05) is 23.8 Å². The summed E-state index contributed by atoms with van der Waals surface area (Å²) < 4.78 is 0. The zero-order valence-electron chi connectivity index (χ0n) is 9.60. The average molecular weight is 248 g/mol. The molecule has 17 heavy (non-hydrogen) atoms. The minimum atomic E-state index is 0.186. The molecule has 3 nitrogen and oxygen atoms in total. The van der Waals surface area contributed by atoms with Gasteiger partial charge in [0.2, 0.25) is 0 Å². The minimum absolute atomic E-state index is 0.186. The third-order valence-electron chi connectivity index (χ3n) is 2.59. The molecule has 4 heteroatoms. The SMILES string of the molecule is CC(NCc1cccnn1)c1ccccc1Cl. The van der Waals surface area contributed by atoms with Gasteiger partial charge in [-0.25, -0.2) is 0 Å². The number of rotatable bonds is 4. The fourth-order valence-electron chi connectivity index (χ4n) is 1.62. The monoisotopic (exact) mass is 247 g/mol. The summed E-state index contributed by atoms with van der Waals surface area (Å²) in [5.74, 6) is 0. The van der Waals surface area contributed by atoms with E-state index in [0.717, 1.165) is 16.3 Å². The van der Waals surface area contributed by atoms with Crippen molar-refractivity contribution in [3.8, 4) is 0 Å². The number of halogens is 1. The largest absolute Gasteiger partial charge is 0.304 e. The fourth-order valence-corrected chi connectivity index (χ4v) is 1.92. The van der Waals surface area contributed by atoms with Gasteiger partial charge in [0.15, 0.2) is 0 Å². The van der Waals surface area contributed by atoms with Crippen molar-refractivity contribution in [2.45, 2.75) is 19.5 Å². The van der Waals surface area contributed by atoms with Gasteiger partial charge in [0.05, 0.1) is 5.69 Å². The third-order valence-corrected chi connectivity index (χ3v) is 2.93. The van der Waals surface area contributed by atoms with E-state index in [4.69, 9.17) is 11.6 Å². The molecule has 0 aliphatic heterocycles. The predicted octanol–water partition coefficient (Wildman–Crippen LogP) is 2.98. The van der Waals surface area contributed by atoms with E-state index in [0.29, 0.717) is 6.54 Å². The quantitative estimate of drug-likeness (QED) is 0.903. The molecule has 1 aromatic heterocycles. The first-order valence-corrected chi connectivity index (χ1v) is 5.89. The first-order valence-electron chi connectivity index (χ1n) is 5.52. The topological polar surface area (TPSA) is 37.8 Å². The second kappa shape index (κ2) is 5.75. The summed E-state index contributed by atoms with van der Waals surface area (Å²) in [4.78, 5) is 0. The molecule has 1 atom stereocenters. The van der Waals surface area contributed by atoms with E-state index in [9.17, 15) is 0 Å². The lowest BCUT2D eigenvalue weighted by atomic mass is 10.1.